The van der Waals surface area contributed by atoms with Crippen molar-refractivity contribution in [1.82, 2.24) is 4.90 Å². The summed E-state index contributed by atoms with van der Waals surface area (Å²) < 4.78 is 6.16. The second-order valence-electron chi connectivity index (χ2n) is 8.24. The Morgan fingerprint density at radius 1 is 1.34 bits per heavy atom. The molecule has 1 fully saturated rings. The van der Waals surface area contributed by atoms with Gasteiger partial charge in [-0.25, -0.2) is 0 Å². The Bertz CT molecular complexity index is 1030. The minimum atomic E-state index is -0.159. The third-order valence-corrected chi connectivity index (χ3v) is 6.88. The summed E-state index contributed by atoms with van der Waals surface area (Å²) in [5.41, 5.74) is 7.42. The van der Waals surface area contributed by atoms with Gasteiger partial charge < -0.3 is 15.0 Å². The molecule has 3 heterocycles. The van der Waals surface area contributed by atoms with Crippen molar-refractivity contribution < 1.29 is 9.53 Å². The van der Waals surface area contributed by atoms with Crippen LogP contribution in [0.15, 0.2) is 64.2 Å². The Kier molecular flexibility index (Phi) is 4.32. The lowest BCUT2D eigenvalue weighted by atomic mass is 9.74. The maximum atomic E-state index is 11.3. The van der Waals surface area contributed by atoms with Crippen molar-refractivity contribution in [3.8, 4) is 0 Å². The molecule has 0 radical (unpaired) electrons. The molecule has 3 aliphatic heterocycles. The van der Waals surface area contributed by atoms with Crippen LogP contribution in [0, 0.1) is 5.92 Å². The predicted molar refractivity (Wildman–Crippen MR) is 117 cm³/mol. The standard InChI is InChI=1S/C23H23N3O2S/c1-14(27)24-16-10-8-15(9-11-16)19-13-29-22-25-21-17-6-4-5-7-20(17)28-12-18(21)23(2,3)26(19)22/h4-5,7-11,13,18,20-21H,12H2,1-3H3,(H,24,27)/t18-,20?,21-/m0/s1. The summed E-state index contributed by atoms with van der Waals surface area (Å²) in [5.74, 6) is 0.174. The first-order valence-electron chi connectivity index (χ1n) is 9.83. The molecule has 29 heavy (non-hydrogen) atoms. The lowest BCUT2D eigenvalue weighted by Crippen LogP contribution is -2.60. The van der Waals surface area contributed by atoms with Gasteiger partial charge in [-0.3, -0.25) is 9.79 Å². The summed E-state index contributed by atoms with van der Waals surface area (Å²) in [6.45, 7) is 6.74. The number of ether oxygens (including phenoxy) is 1. The lowest BCUT2D eigenvalue weighted by Gasteiger charge is -2.52. The van der Waals surface area contributed by atoms with Gasteiger partial charge in [0, 0.05) is 35.0 Å². The number of rotatable bonds is 2. The van der Waals surface area contributed by atoms with Crippen molar-refractivity contribution in [2.24, 2.45) is 10.9 Å². The van der Waals surface area contributed by atoms with Gasteiger partial charge in [-0.15, -0.1) is 5.73 Å². The number of benzene rings is 1. The fourth-order valence-corrected chi connectivity index (χ4v) is 5.59. The summed E-state index contributed by atoms with van der Waals surface area (Å²) in [7, 11) is 0. The molecule has 1 N–H and O–H groups in total. The van der Waals surface area contributed by atoms with Gasteiger partial charge in [-0.2, -0.15) is 0 Å². The summed E-state index contributed by atoms with van der Waals surface area (Å²) in [4.78, 5) is 18.8. The van der Waals surface area contributed by atoms with Crippen LogP contribution in [0.2, 0.25) is 0 Å². The van der Waals surface area contributed by atoms with E-state index >= 15 is 0 Å². The molecule has 4 aliphatic rings. The van der Waals surface area contributed by atoms with Crippen molar-refractivity contribution in [3.05, 3.63) is 64.8 Å². The first-order valence-corrected chi connectivity index (χ1v) is 10.7. The van der Waals surface area contributed by atoms with Crippen LogP contribution in [-0.2, 0) is 9.53 Å². The number of carbonyl (C=O) groups excluding carboxylic acids is 1. The van der Waals surface area contributed by atoms with E-state index in [0.717, 1.165) is 27.7 Å². The molecular weight excluding hydrogens is 382 g/mol. The van der Waals surface area contributed by atoms with Crippen LogP contribution in [0.3, 0.4) is 0 Å². The second kappa shape index (κ2) is 6.77. The molecule has 6 heteroatoms. The van der Waals surface area contributed by atoms with Crippen LogP contribution in [0.4, 0.5) is 5.69 Å². The number of amidine groups is 1. The molecule has 1 saturated heterocycles. The molecule has 1 aliphatic carbocycles. The smallest absolute Gasteiger partial charge is 0.221 e. The number of allylic oxidation sites excluding steroid dienone is 1. The van der Waals surface area contributed by atoms with Gasteiger partial charge in [0.15, 0.2) is 5.17 Å². The molecule has 1 amide bonds. The average Bonchev–Trinajstić information content (AvgIpc) is 3.13. The number of carbonyl (C=O) groups is 1. The van der Waals surface area contributed by atoms with Crippen LogP contribution < -0.4 is 5.32 Å². The highest BCUT2D eigenvalue weighted by Crippen LogP contribution is 2.49. The zero-order valence-corrected chi connectivity index (χ0v) is 17.5. The van der Waals surface area contributed by atoms with Crippen molar-refractivity contribution in [2.75, 3.05) is 11.9 Å². The Morgan fingerprint density at radius 3 is 2.90 bits per heavy atom. The zero-order valence-electron chi connectivity index (χ0n) is 16.7. The Morgan fingerprint density at radius 2 is 2.14 bits per heavy atom. The van der Waals surface area contributed by atoms with Crippen LogP contribution in [0.1, 0.15) is 26.3 Å². The zero-order chi connectivity index (χ0) is 20.2. The summed E-state index contributed by atoms with van der Waals surface area (Å²) in [6.07, 6.45) is 6.03. The quantitative estimate of drug-likeness (QED) is 0.750. The molecule has 1 unspecified atom stereocenters. The number of anilines is 1. The summed E-state index contributed by atoms with van der Waals surface area (Å²) in [5, 5.41) is 6.03. The molecule has 5 rings (SSSR count). The van der Waals surface area contributed by atoms with Crippen molar-refractivity contribution in [1.29, 1.82) is 0 Å². The number of aliphatic imine (C=N–C) groups is 1. The molecule has 5 nitrogen and oxygen atoms in total. The van der Waals surface area contributed by atoms with E-state index in [9.17, 15) is 4.79 Å². The first kappa shape index (κ1) is 18.5. The summed E-state index contributed by atoms with van der Waals surface area (Å²) >= 11 is 1.68. The maximum Gasteiger partial charge on any atom is 0.221 e. The second-order valence-corrected chi connectivity index (χ2v) is 9.07. The number of amides is 1. The molecule has 0 saturated carbocycles. The van der Waals surface area contributed by atoms with E-state index in [1.165, 1.54) is 6.92 Å². The normalized spacial score (nSPS) is 28.6. The number of thioether (sulfide) groups is 1. The van der Waals surface area contributed by atoms with E-state index in [0.29, 0.717) is 6.61 Å². The topological polar surface area (TPSA) is 53.9 Å². The third kappa shape index (κ3) is 2.99. The Balaban J connectivity index is 1.50. The summed E-state index contributed by atoms with van der Waals surface area (Å²) in [6, 6.07) is 8.07. The van der Waals surface area contributed by atoms with Gasteiger partial charge >= 0.3 is 0 Å². The Hall–Kier alpha value is -2.53. The molecular formula is C23H23N3O2S. The van der Waals surface area contributed by atoms with Gasteiger partial charge in [-0.1, -0.05) is 36.0 Å². The van der Waals surface area contributed by atoms with E-state index in [4.69, 9.17) is 9.73 Å². The van der Waals surface area contributed by atoms with Crippen molar-refractivity contribution in [3.63, 3.8) is 0 Å². The number of hydrogen-bond acceptors (Lipinski definition) is 5. The molecule has 0 aromatic heterocycles. The van der Waals surface area contributed by atoms with Crippen LogP contribution in [0.5, 0.6) is 0 Å². The van der Waals surface area contributed by atoms with Gasteiger partial charge in [0.25, 0.3) is 0 Å². The average molecular weight is 406 g/mol. The number of nitrogens with one attached hydrogen (secondary N) is 1. The van der Waals surface area contributed by atoms with Gasteiger partial charge in [0.05, 0.1) is 18.3 Å². The number of nitrogens with zero attached hydrogens (tertiary/aromatic N) is 2. The molecule has 0 bridgehead atoms. The van der Waals surface area contributed by atoms with E-state index in [1.807, 2.05) is 36.4 Å². The lowest BCUT2D eigenvalue weighted by molar-refractivity contribution is -0.114. The van der Waals surface area contributed by atoms with E-state index in [1.54, 1.807) is 11.8 Å². The van der Waals surface area contributed by atoms with Crippen LogP contribution >= 0.6 is 11.8 Å². The monoisotopic (exact) mass is 405 g/mol. The van der Waals surface area contributed by atoms with Gasteiger partial charge in [0.2, 0.25) is 5.91 Å². The fraction of sp³-hybridized carbons (Fsp3) is 0.348. The van der Waals surface area contributed by atoms with Crippen molar-refractivity contribution >= 4 is 34.2 Å². The first-order chi connectivity index (χ1) is 13.9. The molecule has 3 atom stereocenters. The van der Waals surface area contributed by atoms with Crippen LogP contribution in [-0.4, -0.2) is 40.3 Å². The largest absolute Gasteiger partial charge is 0.369 e. The minimum absolute atomic E-state index is 0.00639. The minimum Gasteiger partial charge on any atom is -0.369 e. The highest BCUT2D eigenvalue weighted by Gasteiger charge is 2.52. The highest BCUT2D eigenvalue weighted by atomic mass is 32.2. The molecule has 1 aromatic rings. The third-order valence-electron chi connectivity index (χ3n) is 6.04. The molecule has 0 spiro atoms. The van der Waals surface area contributed by atoms with Gasteiger partial charge in [-0.05, 0) is 37.6 Å². The van der Waals surface area contributed by atoms with E-state index in [2.05, 4.69) is 41.3 Å². The van der Waals surface area contributed by atoms with Crippen LogP contribution in [0.25, 0.3) is 5.70 Å². The maximum absolute atomic E-state index is 11.3. The van der Waals surface area contributed by atoms with Gasteiger partial charge in [0.1, 0.15) is 6.10 Å². The number of fused-ring (bicyclic) bond motifs is 4. The predicted octanol–water partition coefficient (Wildman–Crippen LogP) is 4.18. The van der Waals surface area contributed by atoms with E-state index < -0.39 is 0 Å². The van der Waals surface area contributed by atoms with E-state index in [-0.39, 0.29) is 29.5 Å². The number of hydrogen-bond donors (Lipinski definition) is 1. The molecule has 1 aromatic carbocycles. The Labute approximate surface area is 174 Å². The fourth-order valence-electron chi connectivity index (χ4n) is 4.52. The SMILES string of the molecule is CC(=O)Nc1ccc(C2=CSC3=N[C@H]4C5=C=CC=CC5OC[C@@H]4C(C)(C)N23)cc1. The molecule has 148 valence electrons. The highest BCUT2D eigenvalue weighted by molar-refractivity contribution is 8.16. The van der Waals surface area contributed by atoms with Crippen molar-refractivity contribution in [2.45, 2.75) is 38.5 Å².